The summed E-state index contributed by atoms with van der Waals surface area (Å²) in [6.07, 6.45) is 1.50. The summed E-state index contributed by atoms with van der Waals surface area (Å²) in [5.74, 6) is 0. The summed E-state index contributed by atoms with van der Waals surface area (Å²) >= 11 is 0. The van der Waals surface area contributed by atoms with Crippen molar-refractivity contribution in [2.75, 3.05) is 24.5 Å². The van der Waals surface area contributed by atoms with Crippen LogP contribution in [0.1, 0.15) is 11.6 Å². The molecule has 0 radical (unpaired) electrons. The number of nitrogens with one attached hydrogen (secondary N) is 2. The molecule has 2 aromatic carbocycles. The molecular weight excluding hydrogens is 302 g/mol. The van der Waals surface area contributed by atoms with Gasteiger partial charge in [-0.05, 0) is 29.8 Å². The lowest BCUT2D eigenvalue weighted by molar-refractivity contribution is 0.490. The number of aromatic nitrogens is 3. The van der Waals surface area contributed by atoms with Crippen molar-refractivity contribution < 1.29 is 0 Å². The first-order valence-electron chi connectivity index (χ1n) is 8.08. The Bertz CT molecular complexity index is 853. The molecule has 1 aromatic heterocycles. The van der Waals surface area contributed by atoms with Gasteiger partial charge in [0, 0.05) is 25.3 Å². The molecule has 3 aromatic rings. The normalized spacial score (nSPS) is 17.8. The third-order valence-corrected chi connectivity index (χ3v) is 4.44. The van der Waals surface area contributed by atoms with Crippen LogP contribution in [0.15, 0.2) is 65.7 Å². The number of H-pyrrole nitrogens is 1. The van der Waals surface area contributed by atoms with Crippen LogP contribution in [0.25, 0.3) is 5.69 Å². The lowest BCUT2D eigenvalue weighted by Crippen LogP contribution is -2.46. The third kappa shape index (κ3) is 2.72. The molecule has 1 fully saturated rings. The van der Waals surface area contributed by atoms with E-state index in [0.29, 0.717) is 0 Å². The van der Waals surface area contributed by atoms with E-state index in [2.05, 4.69) is 56.8 Å². The zero-order valence-electron chi connectivity index (χ0n) is 13.2. The Labute approximate surface area is 139 Å². The Morgan fingerprint density at radius 3 is 2.50 bits per heavy atom. The smallest absolute Gasteiger partial charge is 0.347 e. The standard InChI is InChI=1S/C18H19N5O/c24-18-21-20-13-23(18)16-8-6-14(7-9-16)17-12-19-10-11-22(17)15-4-2-1-3-5-15/h1-9,13,17,19H,10-12H2,(H,21,24). The average molecular weight is 321 g/mol. The number of para-hydroxylation sites is 1. The lowest BCUT2D eigenvalue weighted by atomic mass is 10.0. The van der Waals surface area contributed by atoms with Crippen molar-refractivity contribution in [1.29, 1.82) is 0 Å². The van der Waals surface area contributed by atoms with Crippen LogP contribution in [0.3, 0.4) is 0 Å². The molecule has 1 aliphatic heterocycles. The lowest BCUT2D eigenvalue weighted by Gasteiger charge is -2.38. The van der Waals surface area contributed by atoms with E-state index in [9.17, 15) is 4.79 Å². The molecule has 0 bridgehead atoms. The van der Waals surface area contributed by atoms with Crippen molar-refractivity contribution in [2.45, 2.75) is 6.04 Å². The van der Waals surface area contributed by atoms with Crippen LogP contribution in [0.4, 0.5) is 5.69 Å². The van der Waals surface area contributed by atoms with E-state index in [1.165, 1.54) is 22.1 Å². The number of hydrogen-bond donors (Lipinski definition) is 2. The van der Waals surface area contributed by atoms with Gasteiger partial charge in [-0.25, -0.2) is 14.5 Å². The molecule has 1 saturated heterocycles. The van der Waals surface area contributed by atoms with E-state index in [-0.39, 0.29) is 11.7 Å². The Kier molecular flexibility index (Phi) is 3.88. The number of aromatic amines is 1. The molecule has 6 heteroatoms. The highest BCUT2D eigenvalue weighted by Crippen LogP contribution is 2.28. The van der Waals surface area contributed by atoms with Crippen LogP contribution in [-0.2, 0) is 0 Å². The van der Waals surface area contributed by atoms with E-state index in [0.717, 1.165) is 25.3 Å². The molecule has 0 saturated carbocycles. The van der Waals surface area contributed by atoms with Gasteiger partial charge in [-0.2, -0.15) is 5.10 Å². The number of anilines is 1. The van der Waals surface area contributed by atoms with Crippen molar-refractivity contribution in [1.82, 2.24) is 20.1 Å². The molecule has 1 unspecified atom stereocenters. The predicted octanol–water partition coefficient (Wildman–Crippen LogP) is 1.71. The van der Waals surface area contributed by atoms with E-state index < -0.39 is 0 Å². The maximum atomic E-state index is 11.7. The summed E-state index contributed by atoms with van der Waals surface area (Å²) in [6.45, 7) is 2.85. The fourth-order valence-corrected chi connectivity index (χ4v) is 3.22. The van der Waals surface area contributed by atoms with Crippen molar-refractivity contribution in [3.8, 4) is 5.69 Å². The van der Waals surface area contributed by atoms with Crippen LogP contribution >= 0.6 is 0 Å². The molecule has 122 valence electrons. The Balaban J connectivity index is 1.64. The Morgan fingerprint density at radius 1 is 1.00 bits per heavy atom. The van der Waals surface area contributed by atoms with Crippen LogP contribution < -0.4 is 15.9 Å². The van der Waals surface area contributed by atoms with E-state index in [4.69, 9.17) is 0 Å². The maximum absolute atomic E-state index is 11.7. The Hall–Kier alpha value is -2.86. The SMILES string of the molecule is O=c1[nH]ncn1-c1ccc(C2CNCCN2c2ccccc2)cc1. The fraction of sp³-hybridized carbons (Fsp3) is 0.222. The van der Waals surface area contributed by atoms with Crippen molar-refractivity contribution in [2.24, 2.45) is 0 Å². The summed E-state index contributed by atoms with van der Waals surface area (Å²) in [4.78, 5) is 14.1. The Morgan fingerprint density at radius 2 is 1.79 bits per heavy atom. The van der Waals surface area contributed by atoms with Crippen LogP contribution in [0, 0.1) is 0 Å². The van der Waals surface area contributed by atoms with Gasteiger partial charge in [0.05, 0.1) is 11.7 Å². The van der Waals surface area contributed by atoms with Crippen molar-refractivity contribution in [3.63, 3.8) is 0 Å². The van der Waals surface area contributed by atoms with Gasteiger partial charge in [0.1, 0.15) is 6.33 Å². The molecule has 0 spiro atoms. The van der Waals surface area contributed by atoms with Crippen molar-refractivity contribution in [3.05, 3.63) is 77.0 Å². The minimum absolute atomic E-state index is 0.229. The number of rotatable bonds is 3. The molecule has 0 amide bonds. The van der Waals surface area contributed by atoms with Gasteiger partial charge in [-0.15, -0.1) is 0 Å². The highest BCUT2D eigenvalue weighted by Gasteiger charge is 2.23. The number of piperazine rings is 1. The largest absolute Gasteiger partial charge is 0.362 e. The molecule has 1 atom stereocenters. The van der Waals surface area contributed by atoms with Gasteiger partial charge in [-0.1, -0.05) is 30.3 Å². The second kappa shape index (κ2) is 6.33. The summed E-state index contributed by atoms with van der Waals surface area (Å²) < 4.78 is 1.50. The summed E-state index contributed by atoms with van der Waals surface area (Å²) in [6, 6.07) is 18.9. The number of benzene rings is 2. The molecule has 0 aliphatic carbocycles. The second-order valence-electron chi connectivity index (χ2n) is 5.87. The van der Waals surface area contributed by atoms with Gasteiger partial charge >= 0.3 is 5.69 Å². The minimum atomic E-state index is -0.229. The van der Waals surface area contributed by atoms with E-state index >= 15 is 0 Å². The quantitative estimate of drug-likeness (QED) is 0.771. The highest BCUT2D eigenvalue weighted by atomic mass is 16.1. The first-order chi connectivity index (χ1) is 11.8. The summed E-state index contributed by atoms with van der Waals surface area (Å²) in [5, 5.41) is 9.65. The topological polar surface area (TPSA) is 66.0 Å². The van der Waals surface area contributed by atoms with Gasteiger partial charge in [-0.3, -0.25) is 0 Å². The van der Waals surface area contributed by atoms with E-state index in [1.54, 1.807) is 0 Å². The van der Waals surface area contributed by atoms with Crippen LogP contribution in [-0.4, -0.2) is 34.4 Å². The third-order valence-electron chi connectivity index (χ3n) is 4.44. The van der Waals surface area contributed by atoms with E-state index in [1.807, 2.05) is 18.2 Å². The van der Waals surface area contributed by atoms with Crippen molar-refractivity contribution >= 4 is 5.69 Å². The molecule has 2 heterocycles. The van der Waals surface area contributed by atoms with Gasteiger partial charge in [0.15, 0.2) is 0 Å². The summed E-state index contributed by atoms with van der Waals surface area (Å²) in [5.41, 5.74) is 3.05. The van der Waals surface area contributed by atoms with Gasteiger partial charge < -0.3 is 10.2 Å². The molecule has 2 N–H and O–H groups in total. The molecule has 1 aliphatic rings. The molecule has 24 heavy (non-hydrogen) atoms. The first kappa shape index (κ1) is 14.7. The fourth-order valence-electron chi connectivity index (χ4n) is 3.22. The first-order valence-corrected chi connectivity index (χ1v) is 8.08. The van der Waals surface area contributed by atoms with Crippen LogP contribution in [0.5, 0.6) is 0 Å². The maximum Gasteiger partial charge on any atom is 0.347 e. The minimum Gasteiger partial charge on any atom is -0.362 e. The number of nitrogens with zero attached hydrogens (tertiary/aromatic N) is 3. The molecular formula is C18H19N5O. The number of hydrogen-bond acceptors (Lipinski definition) is 4. The second-order valence-corrected chi connectivity index (χ2v) is 5.87. The van der Waals surface area contributed by atoms with Crippen LogP contribution in [0.2, 0.25) is 0 Å². The average Bonchev–Trinajstić information content (AvgIpc) is 3.09. The van der Waals surface area contributed by atoms with Gasteiger partial charge in [0.25, 0.3) is 0 Å². The molecule has 4 rings (SSSR count). The monoisotopic (exact) mass is 321 g/mol. The zero-order valence-corrected chi connectivity index (χ0v) is 13.2. The predicted molar refractivity (Wildman–Crippen MR) is 93.6 cm³/mol. The molecule has 6 nitrogen and oxygen atoms in total. The zero-order chi connectivity index (χ0) is 16.4. The van der Waals surface area contributed by atoms with Gasteiger partial charge in [0.2, 0.25) is 0 Å². The highest BCUT2D eigenvalue weighted by molar-refractivity contribution is 5.50. The summed E-state index contributed by atoms with van der Waals surface area (Å²) in [7, 11) is 0.